The fourth-order valence-electron chi connectivity index (χ4n) is 1.96. The van der Waals surface area contributed by atoms with Crippen molar-refractivity contribution in [1.82, 2.24) is 9.97 Å². The SMILES string of the molecule is CCCNc1cc(NCC(CC)(CC)CO)nc(N)n1. The van der Waals surface area contributed by atoms with Gasteiger partial charge in [0.2, 0.25) is 5.95 Å². The second-order valence-corrected chi connectivity index (χ2v) is 5.14. The molecule has 6 nitrogen and oxygen atoms in total. The lowest BCUT2D eigenvalue weighted by Gasteiger charge is -2.29. The molecule has 0 saturated heterocycles. The number of aromatic nitrogens is 2. The molecule has 0 aliphatic heterocycles. The van der Waals surface area contributed by atoms with E-state index in [1.165, 1.54) is 0 Å². The number of nitrogens with one attached hydrogen (secondary N) is 2. The molecule has 1 rings (SSSR count). The second-order valence-electron chi connectivity index (χ2n) is 5.14. The predicted molar refractivity (Wildman–Crippen MR) is 83.8 cm³/mol. The van der Waals surface area contributed by atoms with Crippen molar-refractivity contribution in [3.05, 3.63) is 6.07 Å². The molecular weight excluding hydrogens is 254 g/mol. The molecule has 0 spiro atoms. The van der Waals surface area contributed by atoms with Gasteiger partial charge in [0.05, 0.1) is 6.61 Å². The largest absolute Gasteiger partial charge is 0.396 e. The van der Waals surface area contributed by atoms with Crippen molar-refractivity contribution in [1.29, 1.82) is 0 Å². The molecule has 20 heavy (non-hydrogen) atoms. The molecule has 1 aromatic heterocycles. The van der Waals surface area contributed by atoms with Gasteiger partial charge in [-0.05, 0) is 19.3 Å². The highest BCUT2D eigenvalue weighted by molar-refractivity contribution is 5.51. The van der Waals surface area contributed by atoms with Gasteiger partial charge in [0, 0.05) is 24.6 Å². The number of nitrogens with two attached hydrogens (primary N) is 1. The van der Waals surface area contributed by atoms with Gasteiger partial charge in [0.15, 0.2) is 0 Å². The average Bonchev–Trinajstić information content (AvgIpc) is 2.47. The highest BCUT2D eigenvalue weighted by Gasteiger charge is 2.25. The molecule has 0 bridgehead atoms. The number of aliphatic hydroxyl groups excluding tert-OH is 1. The van der Waals surface area contributed by atoms with Gasteiger partial charge >= 0.3 is 0 Å². The maximum atomic E-state index is 9.57. The lowest BCUT2D eigenvalue weighted by molar-refractivity contribution is 0.127. The minimum Gasteiger partial charge on any atom is -0.396 e. The zero-order chi connectivity index (χ0) is 15.0. The number of hydrogen-bond acceptors (Lipinski definition) is 6. The van der Waals surface area contributed by atoms with E-state index >= 15 is 0 Å². The summed E-state index contributed by atoms with van der Waals surface area (Å²) in [5, 5.41) is 16.0. The molecule has 0 aromatic carbocycles. The molecule has 0 radical (unpaired) electrons. The fourth-order valence-corrected chi connectivity index (χ4v) is 1.96. The summed E-state index contributed by atoms with van der Waals surface area (Å²) in [6.45, 7) is 7.94. The Labute approximate surface area is 121 Å². The first kappa shape index (κ1) is 16.5. The molecule has 6 heteroatoms. The van der Waals surface area contributed by atoms with Crippen LogP contribution in [0.4, 0.5) is 17.6 Å². The average molecular weight is 281 g/mol. The Morgan fingerprint density at radius 3 is 2.25 bits per heavy atom. The topological polar surface area (TPSA) is 96.1 Å². The number of nitrogen functional groups attached to an aromatic ring is 1. The summed E-state index contributed by atoms with van der Waals surface area (Å²) < 4.78 is 0. The standard InChI is InChI=1S/C14H27N5O/c1-4-7-16-11-8-12(19-13(15)18-11)17-9-14(5-2,6-3)10-20/h8,20H,4-7,9-10H2,1-3H3,(H4,15,16,17,18,19). The van der Waals surface area contributed by atoms with Crippen molar-refractivity contribution in [3.63, 3.8) is 0 Å². The molecule has 0 fully saturated rings. The first-order valence-corrected chi connectivity index (χ1v) is 7.32. The first-order valence-electron chi connectivity index (χ1n) is 7.32. The summed E-state index contributed by atoms with van der Waals surface area (Å²) in [6, 6.07) is 1.85. The molecule has 0 amide bonds. The van der Waals surface area contributed by atoms with Gasteiger partial charge in [-0.15, -0.1) is 0 Å². The van der Waals surface area contributed by atoms with Crippen molar-refractivity contribution >= 4 is 17.6 Å². The van der Waals surface area contributed by atoms with Crippen molar-refractivity contribution in [3.8, 4) is 0 Å². The second kappa shape index (κ2) is 7.89. The van der Waals surface area contributed by atoms with Gasteiger partial charge in [-0.3, -0.25) is 0 Å². The van der Waals surface area contributed by atoms with E-state index in [4.69, 9.17) is 5.73 Å². The third-order valence-electron chi connectivity index (χ3n) is 3.78. The normalized spacial score (nSPS) is 11.4. The molecule has 5 N–H and O–H groups in total. The van der Waals surface area contributed by atoms with Crippen LogP contribution in [0.25, 0.3) is 0 Å². The van der Waals surface area contributed by atoms with Gasteiger partial charge in [-0.25, -0.2) is 0 Å². The van der Waals surface area contributed by atoms with E-state index in [-0.39, 0.29) is 18.0 Å². The van der Waals surface area contributed by atoms with Gasteiger partial charge in [0.25, 0.3) is 0 Å². The van der Waals surface area contributed by atoms with Crippen LogP contribution in [0.2, 0.25) is 0 Å². The van der Waals surface area contributed by atoms with Gasteiger partial charge in [-0.1, -0.05) is 20.8 Å². The summed E-state index contributed by atoms with van der Waals surface area (Å²) in [5.74, 6) is 1.66. The first-order chi connectivity index (χ1) is 9.59. The Hall–Kier alpha value is -1.56. The van der Waals surface area contributed by atoms with E-state index < -0.39 is 0 Å². The molecule has 1 heterocycles. The Bertz CT molecular complexity index is 398. The highest BCUT2D eigenvalue weighted by atomic mass is 16.3. The lowest BCUT2D eigenvalue weighted by Crippen LogP contribution is -2.32. The third kappa shape index (κ3) is 4.52. The summed E-state index contributed by atoms with van der Waals surface area (Å²) in [5.41, 5.74) is 5.60. The summed E-state index contributed by atoms with van der Waals surface area (Å²) in [6.07, 6.45) is 2.84. The summed E-state index contributed by atoms with van der Waals surface area (Å²) >= 11 is 0. The van der Waals surface area contributed by atoms with Crippen LogP contribution in [0.1, 0.15) is 40.0 Å². The molecule has 0 unspecified atom stereocenters. The van der Waals surface area contributed by atoms with E-state index in [9.17, 15) is 5.11 Å². The lowest BCUT2D eigenvalue weighted by atomic mass is 9.83. The minimum atomic E-state index is -0.114. The monoisotopic (exact) mass is 281 g/mol. The van der Waals surface area contributed by atoms with Crippen molar-refractivity contribution < 1.29 is 5.11 Å². The third-order valence-corrected chi connectivity index (χ3v) is 3.78. The Balaban J connectivity index is 2.74. The number of anilines is 3. The molecular formula is C14H27N5O. The van der Waals surface area contributed by atoms with Crippen LogP contribution in [0.5, 0.6) is 0 Å². The van der Waals surface area contributed by atoms with E-state index in [2.05, 4.69) is 41.4 Å². The Morgan fingerprint density at radius 2 is 1.75 bits per heavy atom. The quantitative estimate of drug-likeness (QED) is 0.553. The van der Waals surface area contributed by atoms with E-state index in [1.807, 2.05) is 6.07 Å². The molecule has 0 aliphatic rings. The number of nitrogens with zero attached hydrogens (tertiary/aromatic N) is 2. The van der Waals surface area contributed by atoms with E-state index in [0.717, 1.165) is 31.6 Å². The van der Waals surface area contributed by atoms with Gasteiger partial charge in [0.1, 0.15) is 11.6 Å². The van der Waals surface area contributed by atoms with Crippen LogP contribution >= 0.6 is 0 Å². The Morgan fingerprint density at radius 1 is 1.15 bits per heavy atom. The fraction of sp³-hybridized carbons (Fsp3) is 0.714. The number of aliphatic hydroxyl groups is 1. The van der Waals surface area contributed by atoms with Crippen LogP contribution < -0.4 is 16.4 Å². The molecule has 1 aromatic rings. The highest BCUT2D eigenvalue weighted by Crippen LogP contribution is 2.26. The van der Waals surface area contributed by atoms with Gasteiger partial charge in [-0.2, -0.15) is 9.97 Å². The number of rotatable bonds is 9. The van der Waals surface area contributed by atoms with Crippen molar-refractivity contribution in [2.24, 2.45) is 5.41 Å². The predicted octanol–water partition coefficient (Wildman–Crippen LogP) is 2.09. The molecule has 114 valence electrons. The van der Waals surface area contributed by atoms with Crippen LogP contribution in [0.15, 0.2) is 6.07 Å². The maximum Gasteiger partial charge on any atom is 0.223 e. The van der Waals surface area contributed by atoms with Gasteiger partial charge < -0.3 is 21.5 Å². The molecule has 0 saturated carbocycles. The van der Waals surface area contributed by atoms with Crippen LogP contribution in [0, 0.1) is 5.41 Å². The minimum absolute atomic E-state index is 0.114. The van der Waals surface area contributed by atoms with Crippen LogP contribution in [-0.4, -0.2) is 34.8 Å². The molecule has 0 atom stereocenters. The van der Waals surface area contributed by atoms with Crippen LogP contribution in [0.3, 0.4) is 0 Å². The summed E-state index contributed by atoms with van der Waals surface area (Å²) in [7, 11) is 0. The van der Waals surface area contributed by atoms with Crippen LogP contribution in [-0.2, 0) is 0 Å². The van der Waals surface area contributed by atoms with E-state index in [0.29, 0.717) is 12.4 Å². The Kier molecular flexibility index (Phi) is 6.51. The van der Waals surface area contributed by atoms with Crippen molar-refractivity contribution in [2.45, 2.75) is 40.0 Å². The zero-order valence-corrected chi connectivity index (χ0v) is 12.7. The van der Waals surface area contributed by atoms with Crippen molar-refractivity contribution in [2.75, 3.05) is 36.1 Å². The number of hydrogen-bond donors (Lipinski definition) is 4. The summed E-state index contributed by atoms with van der Waals surface area (Å²) in [4.78, 5) is 8.32. The molecule has 0 aliphatic carbocycles. The smallest absolute Gasteiger partial charge is 0.223 e. The zero-order valence-electron chi connectivity index (χ0n) is 12.7. The van der Waals surface area contributed by atoms with E-state index in [1.54, 1.807) is 0 Å². The maximum absolute atomic E-state index is 9.57.